The van der Waals surface area contributed by atoms with Crippen molar-refractivity contribution >= 4 is 11.4 Å². The Morgan fingerprint density at radius 2 is 1.90 bits per heavy atom. The van der Waals surface area contributed by atoms with E-state index >= 15 is 0 Å². The van der Waals surface area contributed by atoms with Gasteiger partial charge in [0.1, 0.15) is 11.4 Å². The molecule has 0 bridgehead atoms. The number of anilines is 2. The molecule has 0 amide bonds. The molecule has 20 heavy (non-hydrogen) atoms. The summed E-state index contributed by atoms with van der Waals surface area (Å²) < 4.78 is 0. The summed E-state index contributed by atoms with van der Waals surface area (Å²) >= 11 is 0. The first kappa shape index (κ1) is 14.2. The van der Waals surface area contributed by atoms with Gasteiger partial charge in [-0.1, -0.05) is 6.07 Å². The van der Waals surface area contributed by atoms with Gasteiger partial charge in [-0.15, -0.1) is 0 Å². The highest BCUT2D eigenvalue weighted by Crippen LogP contribution is 2.23. The van der Waals surface area contributed by atoms with E-state index in [1.807, 2.05) is 27.1 Å². The van der Waals surface area contributed by atoms with Crippen LogP contribution < -0.4 is 10.2 Å². The molecule has 1 aromatic carbocycles. The number of nitrogens with zero attached hydrogens (tertiary/aromatic N) is 2. The molecule has 1 aromatic heterocycles. The first-order valence-corrected chi connectivity index (χ1v) is 6.64. The molecule has 2 aromatic rings. The quantitative estimate of drug-likeness (QED) is 0.897. The van der Waals surface area contributed by atoms with Crippen molar-refractivity contribution in [3.05, 3.63) is 47.3 Å². The molecular weight excluding hydrogens is 250 g/mol. The molecule has 0 saturated heterocycles. The van der Waals surface area contributed by atoms with E-state index in [-0.39, 0.29) is 5.75 Å². The molecule has 0 aliphatic rings. The van der Waals surface area contributed by atoms with Crippen molar-refractivity contribution in [3.63, 3.8) is 0 Å². The summed E-state index contributed by atoms with van der Waals surface area (Å²) in [6, 6.07) is 9.70. The average molecular weight is 271 g/mol. The zero-order chi connectivity index (χ0) is 14.7. The second-order valence-corrected chi connectivity index (χ2v) is 5.17. The van der Waals surface area contributed by atoms with Crippen molar-refractivity contribution in [1.29, 1.82) is 0 Å². The van der Waals surface area contributed by atoms with Gasteiger partial charge in [-0.3, -0.25) is 4.98 Å². The number of hydrogen-bond acceptors (Lipinski definition) is 4. The fourth-order valence-electron chi connectivity index (χ4n) is 2.12. The van der Waals surface area contributed by atoms with E-state index in [0.29, 0.717) is 12.2 Å². The van der Waals surface area contributed by atoms with Crippen molar-refractivity contribution in [2.45, 2.75) is 20.4 Å². The molecular formula is C16H21N3O. The Morgan fingerprint density at radius 3 is 2.60 bits per heavy atom. The number of pyridine rings is 1. The van der Waals surface area contributed by atoms with Crippen LogP contribution in [0, 0.1) is 13.8 Å². The van der Waals surface area contributed by atoms with Crippen LogP contribution in [0.3, 0.4) is 0 Å². The van der Waals surface area contributed by atoms with Crippen molar-refractivity contribution in [3.8, 4) is 5.75 Å². The van der Waals surface area contributed by atoms with Gasteiger partial charge >= 0.3 is 0 Å². The zero-order valence-electron chi connectivity index (χ0n) is 12.4. The lowest BCUT2D eigenvalue weighted by atomic mass is 10.1. The second-order valence-electron chi connectivity index (χ2n) is 5.17. The van der Waals surface area contributed by atoms with Gasteiger partial charge in [-0.05, 0) is 43.7 Å². The highest BCUT2D eigenvalue weighted by molar-refractivity contribution is 5.62. The number of rotatable bonds is 4. The van der Waals surface area contributed by atoms with Crippen LogP contribution in [0.25, 0.3) is 0 Å². The fourth-order valence-corrected chi connectivity index (χ4v) is 2.12. The SMILES string of the molecule is Cc1ccc(O)c(CNc2ccc(C)c(N(C)C)c2)n1. The van der Waals surface area contributed by atoms with Gasteiger partial charge in [0.05, 0.1) is 6.54 Å². The summed E-state index contributed by atoms with van der Waals surface area (Å²) in [6.45, 7) is 4.51. The Bertz CT molecular complexity index is 609. The molecule has 0 spiro atoms. The molecule has 0 aliphatic carbocycles. The molecule has 0 aliphatic heterocycles. The normalized spacial score (nSPS) is 10.4. The third-order valence-electron chi connectivity index (χ3n) is 3.24. The minimum atomic E-state index is 0.225. The third kappa shape index (κ3) is 3.20. The topological polar surface area (TPSA) is 48.4 Å². The van der Waals surface area contributed by atoms with Crippen molar-refractivity contribution in [2.24, 2.45) is 0 Å². The summed E-state index contributed by atoms with van der Waals surface area (Å²) in [5, 5.41) is 13.1. The Balaban J connectivity index is 2.15. The molecule has 0 atom stereocenters. The van der Waals surface area contributed by atoms with Crippen LogP contribution in [0.5, 0.6) is 5.75 Å². The minimum absolute atomic E-state index is 0.225. The van der Waals surface area contributed by atoms with Crippen molar-refractivity contribution < 1.29 is 5.11 Å². The maximum atomic E-state index is 9.79. The van der Waals surface area contributed by atoms with Gasteiger partial charge < -0.3 is 15.3 Å². The lowest BCUT2D eigenvalue weighted by molar-refractivity contribution is 0.464. The third-order valence-corrected chi connectivity index (χ3v) is 3.24. The molecule has 1 heterocycles. The molecule has 0 fully saturated rings. The molecule has 4 heteroatoms. The Morgan fingerprint density at radius 1 is 1.15 bits per heavy atom. The highest BCUT2D eigenvalue weighted by Gasteiger charge is 2.05. The Kier molecular flexibility index (Phi) is 4.13. The van der Waals surface area contributed by atoms with E-state index in [4.69, 9.17) is 0 Å². The van der Waals surface area contributed by atoms with E-state index in [1.165, 1.54) is 11.3 Å². The maximum absolute atomic E-state index is 9.79. The Labute approximate surface area is 120 Å². The van der Waals surface area contributed by atoms with Crippen molar-refractivity contribution in [1.82, 2.24) is 4.98 Å². The average Bonchev–Trinajstić information content (AvgIpc) is 2.41. The lowest BCUT2D eigenvalue weighted by Gasteiger charge is -2.17. The van der Waals surface area contributed by atoms with Crippen LogP contribution in [0.2, 0.25) is 0 Å². The van der Waals surface area contributed by atoms with E-state index in [2.05, 4.69) is 34.3 Å². The highest BCUT2D eigenvalue weighted by atomic mass is 16.3. The summed E-state index contributed by atoms with van der Waals surface area (Å²) in [4.78, 5) is 6.43. The molecule has 0 saturated carbocycles. The molecule has 4 nitrogen and oxygen atoms in total. The van der Waals surface area contributed by atoms with Gasteiger partial charge in [0.2, 0.25) is 0 Å². The van der Waals surface area contributed by atoms with E-state index in [1.54, 1.807) is 12.1 Å². The van der Waals surface area contributed by atoms with E-state index in [9.17, 15) is 5.11 Å². The number of nitrogens with one attached hydrogen (secondary N) is 1. The molecule has 106 valence electrons. The number of aryl methyl sites for hydroxylation is 2. The monoisotopic (exact) mass is 271 g/mol. The number of hydrogen-bond donors (Lipinski definition) is 2. The van der Waals surface area contributed by atoms with Gasteiger partial charge in [0.25, 0.3) is 0 Å². The maximum Gasteiger partial charge on any atom is 0.138 e. The van der Waals surface area contributed by atoms with E-state index in [0.717, 1.165) is 11.4 Å². The molecule has 0 radical (unpaired) electrons. The predicted molar refractivity (Wildman–Crippen MR) is 83.5 cm³/mol. The van der Waals surface area contributed by atoms with Crippen molar-refractivity contribution in [2.75, 3.05) is 24.3 Å². The van der Waals surface area contributed by atoms with Gasteiger partial charge in [-0.25, -0.2) is 0 Å². The van der Waals surface area contributed by atoms with Crippen LogP contribution in [0.4, 0.5) is 11.4 Å². The van der Waals surface area contributed by atoms with Gasteiger partial charge in [-0.2, -0.15) is 0 Å². The summed E-state index contributed by atoms with van der Waals surface area (Å²) in [5.41, 5.74) is 4.99. The standard InChI is InChI=1S/C16H21N3O/c1-11-5-7-13(9-15(11)19(3)4)17-10-14-16(20)8-6-12(2)18-14/h5-9,17,20H,10H2,1-4H3. The summed E-state index contributed by atoms with van der Waals surface area (Å²) in [5.74, 6) is 0.225. The first-order chi connectivity index (χ1) is 9.47. The fraction of sp³-hybridized carbons (Fsp3) is 0.312. The first-order valence-electron chi connectivity index (χ1n) is 6.64. The van der Waals surface area contributed by atoms with Gasteiger partial charge in [0, 0.05) is 31.2 Å². The summed E-state index contributed by atoms with van der Waals surface area (Å²) in [7, 11) is 4.06. The second kappa shape index (κ2) is 5.82. The van der Waals surface area contributed by atoms with Crippen LogP contribution in [-0.2, 0) is 6.54 Å². The van der Waals surface area contributed by atoms with Crippen LogP contribution >= 0.6 is 0 Å². The lowest BCUT2D eigenvalue weighted by Crippen LogP contribution is -2.11. The minimum Gasteiger partial charge on any atom is -0.506 e. The number of aromatic hydroxyl groups is 1. The van der Waals surface area contributed by atoms with Crippen LogP contribution in [0.1, 0.15) is 17.0 Å². The molecule has 2 rings (SSSR count). The smallest absolute Gasteiger partial charge is 0.138 e. The van der Waals surface area contributed by atoms with Crippen LogP contribution in [-0.4, -0.2) is 24.2 Å². The molecule has 2 N–H and O–H groups in total. The Hall–Kier alpha value is -2.23. The number of aromatic nitrogens is 1. The van der Waals surface area contributed by atoms with Crippen LogP contribution in [0.15, 0.2) is 30.3 Å². The zero-order valence-corrected chi connectivity index (χ0v) is 12.4. The predicted octanol–water partition coefficient (Wildman–Crippen LogP) is 3.08. The number of benzene rings is 1. The van der Waals surface area contributed by atoms with Gasteiger partial charge in [0.15, 0.2) is 0 Å². The largest absolute Gasteiger partial charge is 0.506 e. The molecule has 0 unspecified atom stereocenters. The van der Waals surface area contributed by atoms with E-state index < -0.39 is 0 Å². The summed E-state index contributed by atoms with van der Waals surface area (Å²) in [6.07, 6.45) is 0.